The molecule has 0 amide bonds. The normalized spacial score (nSPS) is 11.4. The number of hydrogen-bond acceptors (Lipinski definition) is 5. The number of benzene rings is 1. The Hall–Kier alpha value is -1.22. The van der Waals surface area contributed by atoms with Gasteiger partial charge in [-0.05, 0) is 6.07 Å². The molecule has 1 aromatic rings. The third kappa shape index (κ3) is 3.64. The van der Waals surface area contributed by atoms with E-state index in [0.717, 1.165) is 18.2 Å². The number of hydrogen-bond donors (Lipinski definition) is 1. The number of nitrogens with zero attached hydrogens (tertiary/aromatic N) is 1. The molecular weight excluding hydrogens is 284 g/mol. The van der Waals surface area contributed by atoms with E-state index < -0.39 is 14.9 Å². The molecule has 9 heteroatoms. The number of nitro benzene ring substituents is 1. The lowest BCUT2D eigenvalue weighted by Gasteiger charge is -2.07. The highest BCUT2D eigenvalue weighted by atomic mass is 35.5. The second-order valence-corrected chi connectivity index (χ2v) is 5.40. The highest BCUT2D eigenvalue weighted by Crippen LogP contribution is 2.25. The van der Waals surface area contributed by atoms with Gasteiger partial charge in [0.2, 0.25) is 10.0 Å². The molecule has 0 unspecified atom stereocenters. The molecule has 0 fully saturated rings. The van der Waals surface area contributed by atoms with Gasteiger partial charge in [-0.25, -0.2) is 13.1 Å². The lowest BCUT2D eigenvalue weighted by atomic mass is 10.3. The second-order valence-electron chi connectivity index (χ2n) is 3.26. The van der Waals surface area contributed by atoms with Gasteiger partial charge in [0.05, 0.1) is 16.6 Å². The number of sulfonamides is 1. The zero-order chi connectivity index (χ0) is 13.8. The first-order chi connectivity index (χ1) is 8.38. The largest absolute Gasteiger partial charge is 0.383 e. The third-order valence-corrected chi connectivity index (χ3v) is 3.96. The Bertz CT molecular complexity index is 546. The molecule has 0 saturated carbocycles. The van der Waals surface area contributed by atoms with Crippen molar-refractivity contribution in [1.29, 1.82) is 0 Å². The molecule has 0 radical (unpaired) electrons. The van der Waals surface area contributed by atoms with E-state index in [4.69, 9.17) is 16.3 Å². The summed E-state index contributed by atoms with van der Waals surface area (Å²) in [5, 5.41) is 10.3. The molecule has 0 aliphatic heterocycles. The summed E-state index contributed by atoms with van der Waals surface area (Å²) in [6.45, 7) is 0.302. The maximum atomic E-state index is 11.8. The van der Waals surface area contributed by atoms with Crippen molar-refractivity contribution in [2.75, 3.05) is 20.3 Å². The number of halogens is 1. The predicted molar refractivity (Wildman–Crippen MR) is 65.2 cm³/mol. The van der Waals surface area contributed by atoms with Gasteiger partial charge in [-0.3, -0.25) is 10.1 Å². The van der Waals surface area contributed by atoms with Crippen molar-refractivity contribution in [3.8, 4) is 0 Å². The molecule has 1 aromatic carbocycles. The highest BCUT2D eigenvalue weighted by molar-refractivity contribution is 7.89. The summed E-state index contributed by atoms with van der Waals surface area (Å²) in [6, 6.07) is 3.17. The zero-order valence-electron chi connectivity index (χ0n) is 9.42. The van der Waals surface area contributed by atoms with E-state index in [9.17, 15) is 18.5 Å². The van der Waals surface area contributed by atoms with E-state index in [1.165, 1.54) is 7.11 Å². The van der Waals surface area contributed by atoms with E-state index in [1.807, 2.05) is 0 Å². The summed E-state index contributed by atoms with van der Waals surface area (Å²) in [7, 11) is -2.35. The average Bonchev–Trinajstić information content (AvgIpc) is 2.28. The summed E-state index contributed by atoms with van der Waals surface area (Å²) < 4.78 is 30.5. The topological polar surface area (TPSA) is 98.5 Å². The van der Waals surface area contributed by atoms with Crippen LogP contribution in [0.2, 0.25) is 5.02 Å². The van der Waals surface area contributed by atoms with Gasteiger partial charge < -0.3 is 4.74 Å². The monoisotopic (exact) mass is 294 g/mol. The molecule has 18 heavy (non-hydrogen) atoms. The maximum absolute atomic E-state index is 11.8. The summed E-state index contributed by atoms with van der Waals surface area (Å²) in [6.07, 6.45) is 0. The summed E-state index contributed by atoms with van der Waals surface area (Å²) in [5.41, 5.74) is -0.268. The Morgan fingerprint density at radius 1 is 1.50 bits per heavy atom. The lowest BCUT2D eigenvalue weighted by Crippen LogP contribution is -2.27. The number of methoxy groups -OCH3 is 1. The van der Waals surface area contributed by atoms with Crippen molar-refractivity contribution in [3.63, 3.8) is 0 Å². The average molecular weight is 295 g/mol. The molecule has 1 rings (SSSR count). The molecule has 1 N–H and O–H groups in total. The smallest absolute Gasteiger partial charge is 0.271 e. The molecule has 0 heterocycles. The zero-order valence-corrected chi connectivity index (χ0v) is 11.0. The first-order valence-electron chi connectivity index (χ1n) is 4.81. The van der Waals surface area contributed by atoms with Crippen LogP contribution < -0.4 is 4.72 Å². The minimum absolute atomic E-state index is 0.0894. The summed E-state index contributed by atoms with van der Waals surface area (Å²) in [5.74, 6) is 0. The van der Waals surface area contributed by atoms with Crippen molar-refractivity contribution in [1.82, 2.24) is 4.72 Å². The van der Waals surface area contributed by atoms with Gasteiger partial charge in [-0.1, -0.05) is 11.6 Å². The van der Waals surface area contributed by atoms with Crippen LogP contribution in [0, 0.1) is 10.1 Å². The first kappa shape index (κ1) is 14.8. The Kier molecular flexibility index (Phi) is 5.03. The van der Waals surface area contributed by atoms with Crippen LogP contribution in [0.25, 0.3) is 0 Å². The minimum Gasteiger partial charge on any atom is -0.383 e. The van der Waals surface area contributed by atoms with E-state index in [1.54, 1.807) is 0 Å². The quantitative estimate of drug-likeness (QED) is 0.482. The van der Waals surface area contributed by atoms with Crippen LogP contribution in [-0.4, -0.2) is 33.6 Å². The van der Waals surface area contributed by atoms with Crippen molar-refractivity contribution in [2.45, 2.75) is 4.90 Å². The fourth-order valence-corrected chi connectivity index (χ4v) is 2.73. The summed E-state index contributed by atoms with van der Waals surface area (Å²) >= 11 is 5.72. The molecule has 0 bridgehead atoms. The van der Waals surface area contributed by atoms with Gasteiger partial charge in [-0.2, -0.15) is 0 Å². The standard InChI is InChI=1S/C9H11ClN2O5S/c1-17-5-4-11-18(15,16)9-3-2-7(12(13)14)6-8(9)10/h2-3,6,11H,4-5H2,1H3. The molecule has 0 spiro atoms. The molecule has 0 aliphatic carbocycles. The SMILES string of the molecule is COCCNS(=O)(=O)c1ccc([N+](=O)[O-])cc1Cl. The van der Waals surface area contributed by atoms with Gasteiger partial charge in [0, 0.05) is 25.8 Å². The number of ether oxygens (including phenoxy) is 1. The fourth-order valence-electron chi connectivity index (χ4n) is 1.18. The number of nitrogens with one attached hydrogen (secondary N) is 1. The molecular formula is C9H11ClN2O5S. The van der Waals surface area contributed by atoms with Gasteiger partial charge in [0.1, 0.15) is 4.90 Å². The van der Waals surface area contributed by atoms with Crippen molar-refractivity contribution < 1.29 is 18.1 Å². The number of nitro groups is 1. The Labute approximate surface area is 109 Å². The van der Waals surface area contributed by atoms with E-state index >= 15 is 0 Å². The predicted octanol–water partition coefficient (Wildman–Crippen LogP) is 1.17. The second kappa shape index (κ2) is 6.10. The minimum atomic E-state index is -3.79. The van der Waals surface area contributed by atoms with Gasteiger partial charge in [-0.15, -0.1) is 0 Å². The maximum Gasteiger partial charge on any atom is 0.271 e. The molecule has 0 saturated heterocycles. The van der Waals surface area contributed by atoms with Crippen LogP contribution >= 0.6 is 11.6 Å². The van der Waals surface area contributed by atoms with Crippen LogP contribution in [0.15, 0.2) is 23.1 Å². The molecule has 0 aromatic heterocycles. The highest BCUT2D eigenvalue weighted by Gasteiger charge is 2.19. The Morgan fingerprint density at radius 2 is 2.17 bits per heavy atom. The van der Waals surface area contributed by atoms with Gasteiger partial charge >= 0.3 is 0 Å². The molecule has 100 valence electrons. The van der Waals surface area contributed by atoms with Crippen LogP contribution in [0.4, 0.5) is 5.69 Å². The van der Waals surface area contributed by atoms with E-state index in [2.05, 4.69) is 4.72 Å². The Morgan fingerprint density at radius 3 is 2.67 bits per heavy atom. The molecule has 7 nitrogen and oxygen atoms in total. The van der Waals surface area contributed by atoms with Crippen molar-refractivity contribution in [3.05, 3.63) is 33.3 Å². The van der Waals surface area contributed by atoms with Crippen LogP contribution in [0.5, 0.6) is 0 Å². The van der Waals surface area contributed by atoms with E-state index in [0.29, 0.717) is 0 Å². The number of rotatable bonds is 6. The lowest BCUT2D eigenvalue weighted by molar-refractivity contribution is -0.384. The van der Waals surface area contributed by atoms with Gasteiger partial charge in [0.25, 0.3) is 5.69 Å². The third-order valence-electron chi connectivity index (χ3n) is 2.01. The van der Waals surface area contributed by atoms with Crippen LogP contribution in [0.3, 0.4) is 0 Å². The summed E-state index contributed by atoms with van der Waals surface area (Å²) in [4.78, 5) is 9.64. The van der Waals surface area contributed by atoms with Crippen molar-refractivity contribution >= 4 is 27.3 Å². The van der Waals surface area contributed by atoms with Gasteiger partial charge in [0.15, 0.2) is 0 Å². The Balaban J connectivity index is 2.99. The van der Waals surface area contributed by atoms with Crippen LogP contribution in [-0.2, 0) is 14.8 Å². The fraction of sp³-hybridized carbons (Fsp3) is 0.333. The van der Waals surface area contributed by atoms with Crippen molar-refractivity contribution in [2.24, 2.45) is 0 Å². The first-order valence-corrected chi connectivity index (χ1v) is 6.67. The molecule has 0 atom stereocenters. The van der Waals surface area contributed by atoms with Crippen LogP contribution in [0.1, 0.15) is 0 Å². The molecule has 0 aliphatic rings. The number of non-ortho nitro benzene ring substituents is 1. The van der Waals surface area contributed by atoms with E-state index in [-0.39, 0.29) is 28.8 Å².